The van der Waals surface area contributed by atoms with Gasteiger partial charge in [-0.05, 0) is 25.0 Å². The Hall–Kier alpha value is -3.40. The first-order valence-corrected chi connectivity index (χ1v) is 9.16. The third kappa shape index (κ3) is 3.13. The van der Waals surface area contributed by atoms with E-state index in [4.69, 9.17) is 5.26 Å². The Labute approximate surface area is 175 Å². The molecule has 1 fully saturated rings. The molecule has 0 amide bonds. The van der Waals surface area contributed by atoms with Crippen molar-refractivity contribution in [1.82, 2.24) is 19.6 Å². The predicted octanol–water partition coefficient (Wildman–Crippen LogP) is 3.15. The van der Waals surface area contributed by atoms with Crippen LogP contribution in [0.3, 0.4) is 0 Å². The lowest BCUT2D eigenvalue weighted by Gasteiger charge is -2.31. The zero-order chi connectivity index (χ0) is 23.6. The molecule has 1 aliphatic carbocycles. The third-order valence-corrected chi connectivity index (χ3v) is 5.31. The number of nitrogens with zero attached hydrogens (tertiary/aromatic N) is 5. The number of rotatable bonds is 3. The maximum absolute atomic E-state index is 14.2. The van der Waals surface area contributed by atoms with E-state index in [1.807, 2.05) is 0 Å². The number of hydrogen-bond acceptors (Lipinski definition) is 5. The number of alkyl halides is 6. The fourth-order valence-corrected chi connectivity index (χ4v) is 3.65. The van der Waals surface area contributed by atoms with E-state index in [-0.39, 0.29) is 11.6 Å². The van der Waals surface area contributed by atoms with Gasteiger partial charge in [-0.25, -0.2) is 4.68 Å². The van der Waals surface area contributed by atoms with Gasteiger partial charge in [0.1, 0.15) is 0 Å². The maximum Gasteiger partial charge on any atom is 0.427 e. The molecule has 1 aliphatic rings. The lowest BCUT2D eigenvalue weighted by atomic mass is 9.86. The molecule has 0 bridgehead atoms. The van der Waals surface area contributed by atoms with Crippen LogP contribution in [0.4, 0.5) is 26.3 Å². The van der Waals surface area contributed by atoms with E-state index in [9.17, 15) is 36.2 Å². The van der Waals surface area contributed by atoms with Gasteiger partial charge in [-0.2, -0.15) is 41.8 Å². The molecule has 0 saturated heterocycles. The second kappa shape index (κ2) is 6.80. The molecule has 0 spiro atoms. The number of nitriles is 1. The molecular formula is C19H13F6N5O2. The molecule has 1 saturated carbocycles. The number of hydrogen-bond donors (Lipinski definition) is 1. The van der Waals surface area contributed by atoms with Gasteiger partial charge in [0.25, 0.3) is 5.56 Å². The summed E-state index contributed by atoms with van der Waals surface area (Å²) in [5.74, 6) is 0. The molecular weight excluding hydrogens is 444 g/mol. The highest BCUT2D eigenvalue weighted by Gasteiger charge is 2.59. The Balaban J connectivity index is 2.01. The first-order valence-electron chi connectivity index (χ1n) is 9.16. The maximum atomic E-state index is 14.2. The normalized spacial score (nSPS) is 16.7. The van der Waals surface area contributed by atoms with Crippen molar-refractivity contribution in [3.05, 3.63) is 57.1 Å². The molecule has 1 N–H and O–H groups in total. The highest BCUT2D eigenvalue weighted by Crippen LogP contribution is 2.47. The summed E-state index contributed by atoms with van der Waals surface area (Å²) in [6, 6.07) is 2.08. The molecule has 7 nitrogen and oxygen atoms in total. The van der Waals surface area contributed by atoms with Gasteiger partial charge in [-0.1, -0.05) is 6.07 Å². The van der Waals surface area contributed by atoms with Crippen molar-refractivity contribution >= 4 is 10.9 Å². The first kappa shape index (κ1) is 21.8. The van der Waals surface area contributed by atoms with Gasteiger partial charge in [-0.3, -0.25) is 9.48 Å². The summed E-state index contributed by atoms with van der Waals surface area (Å²) < 4.78 is 83.8. The van der Waals surface area contributed by atoms with Crippen LogP contribution in [0.1, 0.15) is 41.3 Å². The number of fused-ring (bicyclic) bond motifs is 1. The molecule has 1 aromatic carbocycles. The standard InChI is InChI=1S/C19H13F6N5O2/c1-29-15(12-8-27-30(11-3-4-11)16(31)14(12)28-29)17(32,19(23,24)25)10-2-5-13(18(20,21)22)9(6-10)7-26/h2,5-6,8,11,32H,3-4H2,1H3/t17-/m1/s1. The number of halogens is 6. The van der Waals surface area contributed by atoms with E-state index in [1.54, 1.807) is 0 Å². The van der Waals surface area contributed by atoms with Crippen LogP contribution in [0, 0.1) is 11.3 Å². The zero-order valence-corrected chi connectivity index (χ0v) is 16.2. The molecule has 2 aromatic heterocycles. The molecule has 168 valence electrons. The van der Waals surface area contributed by atoms with Crippen molar-refractivity contribution in [3.8, 4) is 6.07 Å². The first-order chi connectivity index (χ1) is 14.8. The average molecular weight is 457 g/mol. The highest BCUT2D eigenvalue weighted by molar-refractivity contribution is 5.81. The largest absolute Gasteiger partial charge is 0.427 e. The van der Waals surface area contributed by atoms with Gasteiger partial charge < -0.3 is 5.11 Å². The molecule has 1 atom stereocenters. The monoisotopic (exact) mass is 457 g/mol. The van der Waals surface area contributed by atoms with Crippen LogP contribution in [0.25, 0.3) is 10.9 Å². The summed E-state index contributed by atoms with van der Waals surface area (Å²) in [5, 5.41) is 27.3. The lowest BCUT2D eigenvalue weighted by Crippen LogP contribution is -2.45. The van der Waals surface area contributed by atoms with Crippen molar-refractivity contribution in [2.75, 3.05) is 0 Å². The van der Waals surface area contributed by atoms with Gasteiger partial charge in [-0.15, -0.1) is 0 Å². The van der Waals surface area contributed by atoms with Gasteiger partial charge in [0.15, 0.2) is 5.52 Å². The fourth-order valence-electron chi connectivity index (χ4n) is 3.65. The van der Waals surface area contributed by atoms with Crippen molar-refractivity contribution in [2.45, 2.75) is 36.8 Å². The Morgan fingerprint density at radius 1 is 1.19 bits per heavy atom. The highest BCUT2D eigenvalue weighted by atomic mass is 19.4. The van der Waals surface area contributed by atoms with Crippen LogP contribution in [0.2, 0.25) is 0 Å². The molecule has 2 heterocycles. The summed E-state index contributed by atoms with van der Waals surface area (Å²) in [7, 11) is 1.06. The van der Waals surface area contributed by atoms with Crippen LogP contribution < -0.4 is 5.56 Å². The van der Waals surface area contributed by atoms with Crippen LogP contribution in [-0.2, 0) is 18.8 Å². The minimum absolute atomic E-state index is 0.188. The molecule has 13 heteroatoms. The Morgan fingerprint density at radius 2 is 1.84 bits per heavy atom. The SMILES string of the molecule is Cn1nc2c(=O)n(C3CC3)ncc2c1[C@](O)(c1ccc(C(F)(F)F)c(C#N)c1)C(F)(F)F. The van der Waals surface area contributed by atoms with E-state index >= 15 is 0 Å². The summed E-state index contributed by atoms with van der Waals surface area (Å²) in [5.41, 5.74) is -9.50. The van der Waals surface area contributed by atoms with Crippen LogP contribution in [-0.4, -0.2) is 30.8 Å². The molecule has 0 radical (unpaired) electrons. The minimum Gasteiger partial charge on any atom is -0.371 e. The Bertz CT molecular complexity index is 1330. The molecule has 0 aliphatic heterocycles. The second-order valence-electron chi connectivity index (χ2n) is 7.44. The van der Waals surface area contributed by atoms with Gasteiger partial charge in [0.2, 0.25) is 5.60 Å². The fraction of sp³-hybridized carbons (Fsp3) is 0.368. The zero-order valence-electron chi connectivity index (χ0n) is 16.2. The topological polar surface area (TPSA) is 96.7 Å². The van der Waals surface area contributed by atoms with Gasteiger partial charge in [0.05, 0.1) is 40.5 Å². The van der Waals surface area contributed by atoms with Crippen molar-refractivity contribution < 1.29 is 31.4 Å². The smallest absolute Gasteiger partial charge is 0.371 e. The Morgan fingerprint density at radius 3 is 2.38 bits per heavy atom. The number of aromatic nitrogens is 4. The third-order valence-electron chi connectivity index (χ3n) is 5.31. The van der Waals surface area contributed by atoms with Gasteiger partial charge in [0, 0.05) is 12.6 Å². The Kier molecular flexibility index (Phi) is 4.63. The van der Waals surface area contributed by atoms with E-state index in [2.05, 4.69) is 10.2 Å². The number of benzene rings is 1. The number of aryl methyl sites for hydroxylation is 1. The lowest BCUT2D eigenvalue weighted by molar-refractivity contribution is -0.250. The average Bonchev–Trinajstić information content (AvgIpc) is 3.47. The second-order valence-corrected chi connectivity index (χ2v) is 7.44. The van der Waals surface area contributed by atoms with Crippen molar-refractivity contribution in [3.63, 3.8) is 0 Å². The molecule has 32 heavy (non-hydrogen) atoms. The summed E-state index contributed by atoms with van der Waals surface area (Å²) in [4.78, 5) is 12.6. The summed E-state index contributed by atoms with van der Waals surface area (Å²) in [6.07, 6.45) is -8.13. The van der Waals surface area contributed by atoms with Crippen LogP contribution in [0.5, 0.6) is 0 Å². The quantitative estimate of drug-likeness (QED) is 0.610. The number of aliphatic hydroxyl groups is 1. The minimum atomic E-state index is -5.45. The van der Waals surface area contributed by atoms with E-state index in [0.29, 0.717) is 35.7 Å². The van der Waals surface area contributed by atoms with Crippen molar-refractivity contribution in [1.29, 1.82) is 5.26 Å². The summed E-state index contributed by atoms with van der Waals surface area (Å²) in [6.45, 7) is 0. The molecule has 4 rings (SSSR count). The van der Waals surface area contributed by atoms with Crippen LogP contribution in [0.15, 0.2) is 29.2 Å². The summed E-state index contributed by atoms with van der Waals surface area (Å²) >= 11 is 0. The van der Waals surface area contributed by atoms with Crippen molar-refractivity contribution in [2.24, 2.45) is 7.05 Å². The van der Waals surface area contributed by atoms with Crippen LogP contribution >= 0.6 is 0 Å². The molecule has 0 unspecified atom stereocenters. The van der Waals surface area contributed by atoms with E-state index in [1.165, 1.54) is 6.07 Å². The van der Waals surface area contributed by atoms with E-state index in [0.717, 1.165) is 17.9 Å². The van der Waals surface area contributed by atoms with E-state index < -0.39 is 51.3 Å². The molecule has 3 aromatic rings. The van der Waals surface area contributed by atoms with Gasteiger partial charge >= 0.3 is 12.4 Å². The predicted molar refractivity (Wildman–Crippen MR) is 96.3 cm³/mol.